The summed E-state index contributed by atoms with van der Waals surface area (Å²) in [4.78, 5) is 114. The Morgan fingerprint density at radius 2 is 0.552 bits per heavy atom. The quantitative estimate of drug-likeness (QED) is 0.0145. The molecule has 0 amide bonds. The number of hydrogen-bond acceptors (Lipinski definition) is 22. The van der Waals surface area contributed by atoms with Crippen LogP contribution in [0.4, 0.5) is 0 Å². The van der Waals surface area contributed by atoms with E-state index < -0.39 is 42.1 Å². The normalized spacial score (nSPS) is 10.8. The molecule has 0 aromatic carbocycles. The maximum absolute atomic E-state index is 11.7. The molecule has 4 unspecified atom stereocenters. The van der Waals surface area contributed by atoms with Gasteiger partial charge in [0.2, 0.25) is 0 Å². The van der Waals surface area contributed by atoms with Gasteiger partial charge in [-0.25, -0.2) is 0 Å². The van der Waals surface area contributed by atoms with Crippen LogP contribution in [0.3, 0.4) is 0 Å². The van der Waals surface area contributed by atoms with Gasteiger partial charge in [0.1, 0.15) is 61.8 Å². The summed E-state index contributed by atoms with van der Waals surface area (Å²) in [5, 5.41) is 36.6. The van der Waals surface area contributed by atoms with Gasteiger partial charge in [-0.15, -0.1) is 0 Å². The number of aliphatic hydroxyl groups is 4. The number of ketones is 6. The Morgan fingerprint density at radius 1 is 0.293 bits per heavy atom. The smallest absolute Gasteiger partial charge is 0.306 e. The Labute approximate surface area is 720 Å². The Kier molecular flexibility index (Phi) is 111. The van der Waals surface area contributed by atoms with Crippen molar-refractivity contribution in [1.29, 1.82) is 0 Å². The van der Waals surface area contributed by atoms with Crippen molar-refractivity contribution in [2.45, 2.75) is 417 Å². The average Bonchev–Trinajstić information content (AvgIpc) is 0.959. The second-order valence-corrected chi connectivity index (χ2v) is 33.5. The van der Waals surface area contributed by atoms with Crippen molar-refractivity contribution in [2.75, 3.05) is 49.4 Å². The van der Waals surface area contributed by atoms with Crippen LogP contribution in [-0.2, 0) is 66.9 Å². The van der Waals surface area contributed by atoms with E-state index in [0.717, 1.165) is 108 Å². The van der Waals surface area contributed by atoms with Gasteiger partial charge >= 0.3 is 23.9 Å². The van der Waals surface area contributed by atoms with Gasteiger partial charge in [0.05, 0.1) is 25.0 Å². The minimum absolute atomic E-state index is 0.0262. The van der Waals surface area contributed by atoms with Crippen molar-refractivity contribution >= 4 is 102 Å². The lowest BCUT2D eigenvalue weighted by Crippen LogP contribution is -2.31. The minimum Gasteiger partial charge on any atom is -0.462 e. The van der Waals surface area contributed by atoms with E-state index >= 15 is 0 Å². The van der Waals surface area contributed by atoms with Gasteiger partial charge < -0.3 is 39.4 Å². The molecule has 0 aliphatic carbocycles. The number of esters is 4. The van der Waals surface area contributed by atoms with E-state index in [1.165, 1.54) is 160 Å². The number of aliphatic hydroxyl groups excluding tert-OH is 4. The summed E-state index contributed by atoms with van der Waals surface area (Å²) in [5.74, 6) is 3.45. The van der Waals surface area contributed by atoms with Gasteiger partial charge in [0.15, 0.2) is 11.6 Å². The van der Waals surface area contributed by atoms with E-state index in [2.05, 4.69) is 126 Å². The number of carbonyl (C=O) groups is 10. The molecule has 0 aromatic heterocycles. The molecule has 0 aliphatic rings. The van der Waals surface area contributed by atoms with E-state index in [4.69, 9.17) is 29.2 Å². The molecule has 0 heterocycles. The molecule has 116 heavy (non-hydrogen) atoms. The summed E-state index contributed by atoms with van der Waals surface area (Å²) in [7, 11) is 7.48. The number of Topliss-reactive ketones (excluding diaryl/α,β-unsaturated/α-hetero) is 6. The predicted molar refractivity (Wildman–Crippen MR) is 484 cm³/mol. The molecule has 0 fully saturated rings. The van der Waals surface area contributed by atoms with Gasteiger partial charge in [-0.2, -0.15) is 0 Å². The molecular weight excluding hydrogens is 1550 g/mol. The molecule has 668 valence electrons. The van der Waals surface area contributed by atoms with Crippen LogP contribution >= 0.6 is 43.2 Å². The molecule has 0 bridgehead atoms. The predicted octanol–water partition coefficient (Wildman–Crippen LogP) is 23.0. The third-order valence-corrected chi connectivity index (χ3v) is 21.3. The third-order valence-electron chi connectivity index (χ3n) is 16.1. The molecule has 0 aliphatic heterocycles. The van der Waals surface area contributed by atoms with E-state index in [0.29, 0.717) is 49.2 Å². The van der Waals surface area contributed by atoms with Crippen molar-refractivity contribution in [3.05, 3.63) is 69.5 Å². The highest BCUT2D eigenvalue weighted by molar-refractivity contribution is 8.77. The van der Waals surface area contributed by atoms with Gasteiger partial charge in [-0.3, -0.25) is 47.9 Å². The van der Waals surface area contributed by atoms with Crippen LogP contribution in [0.2, 0.25) is 0 Å². The summed E-state index contributed by atoms with van der Waals surface area (Å²) >= 11 is 0. The standard InChI is InChI=1S/2C18H32O5.C18H14O3.C14H28OS2.C12H24O3.C11H22OS2.C3H8/c2*1-3-5-6-7-8-9-11-16(19)12-13-18(21)23-15-14-22-17(20)10-4-2;1-4-5-6-7-8-9-10-11-12-13-15(2)14-17(20)18(21)16(3)19;1-3-5-6-7-8-9-10-14(15)11-13-17-16-12-4-2;1-3-4-5-6-7-8-9-11(14)12(15)10(2)13;1-3-5-6-7-11(12)8-10-14-13-9-4-2;1-3-2/h2*3-15H2,1-2H3;16,18-19,21H,1,14H2,2-3H3;3-13H2,1-2H3;10,12-13,15H,3-9H2,1-2H3;3-10H2,1-2H3;3H2,1-2H3. The zero-order valence-corrected chi connectivity index (χ0v) is 78.1. The third kappa shape index (κ3) is 111. The lowest BCUT2D eigenvalue weighted by molar-refractivity contribution is -0.152. The minimum atomic E-state index is -1.39. The van der Waals surface area contributed by atoms with Gasteiger partial charge in [0, 0.05) is 100 Å². The van der Waals surface area contributed by atoms with Crippen molar-refractivity contribution in [2.24, 2.45) is 0 Å². The lowest BCUT2D eigenvalue weighted by Gasteiger charge is -2.11. The molecule has 0 saturated heterocycles. The average molecular weight is 1710 g/mol. The maximum atomic E-state index is 11.7. The Hall–Kier alpha value is -5.32. The summed E-state index contributed by atoms with van der Waals surface area (Å²) in [5.41, 5.74) is 25.3. The second kappa shape index (κ2) is 104. The van der Waals surface area contributed by atoms with Crippen molar-refractivity contribution in [3.63, 3.8) is 0 Å². The van der Waals surface area contributed by atoms with E-state index in [-0.39, 0.29) is 87.8 Å². The Bertz CT molecular complexity index is 2780. The van der Waals surface area contributed by atoms with E-state index in [1.54, 1.807) is 6.92 Å². The first-order valence-corrected chi connectivity index (χ1v) is 48.8. The molecular formula is C94H160O18S4. The fourth-order valence-electron chi connectivity index (χ4n) is 9.44. The fourth-order valence-corrected chi connectivity index (χ4v) is 13.8. The van der Waals surface area contributed by atoms with Gasteiger partial charge in [-0.1, -0.05) is 278 Å². The lowest BCUT2D eigenvalue weighted by atomic mass is 10.0. The maximum Gasteiger partial charge on any atom is 0.306 e. The number of unbranched alkanes of at least 4 members (excludes halogenated alkanes) is 22. The summed E-state index contributed by atoms with van der Waals surface area (Å²) in [6.45, 7) is 31.3. The SMILES string of the molecule is C=C=C=C=C=C=C=C=C=C=C=C(C)CC(=O)C(O)C(C)O.CCC.CCCCCC(=O)CCSSCCC.CCCCCCCCC(=O)C(O)C(C)O.CCCCCCCCC(=O)CCC(=O)OCCOC(=O)CCC.CCCCCCCCC(=O)CCC(=O)OCCOC(=O)CCC.CCCCCCCCC(=O)CCSSCCC. The van der Waals surface area contributed by atoms with Crippen LogP contribution in [-0.4, -0.2) is 153 Å². The van der Waals surface area contributed by atoms with E-state index in [9.17, 15) is 58.2 Å². The molecule has 4 atom stereocenters. The van der Waals surface area contributed by atoms with Crippen molar-refractivity contribution < 1.29 is 87.3 Å². The van der Waals surface area contributed by atoms with Crippen molar-refractivity contribution in [1.82, 2.24) is 0 Å². The molecule has 0 saturated carbocycles. The number of rotatable bonds is 66. The largest absolute Gasteiger partial charge is 0.462 e. The zero-order chi connectivity index (χ0) is 88.6. The first-order valence-electron chi connectivity index (χ1n) is 43.9. The molecule has 0 rings (SSSR count). The van der Waals surface area contributed by atoms with Crippen LogP contribution in [0.5, 0.6) is 0 Å². The molecule has 0 spiro atoms. The Morgan fingerprint density at radius 3 is 0.862 bits per heavy atom. The molecule has 4 N–H and O–H groups in total. The molecule has 22 heteroatoms. The fraction of sp³-hybridized carbons (Fsp3) is 0.766. The first-order chi connectivity index (χ1) is 55.8. The van der Waals surface area contributed by atoms with Crippen LogP contribution in [0.15, 0.2) is 69.5 Å². The van der Waals surface area contributed by atoms with Crippen LogP contribution < -0.4 is 0 Å². The number of hydrogen-bond donors (Lipinski definition) is 4. The highest BCUT2D eigenvalue weighted by Gasteiger charge is 2.21. The number of carbonyl (C=O) groups excluding carboxylic acids is 10. The topological polar surface area (TPSA) is 289 Å². The molecule has 0 radical (unpaired) electrons. The van der Waals surface area contributed by atoms with Crippen LogP contribution in [0, 0.1) is 0 Å². The summed E-state index contributed by atoms with van der Waals surface area (Å²) < 4.78 is 19.6. The Balaban J connectivity index is -0.000000246. The van der Waals surface area contributed by atoms with Crippen LogP contribution in [0.25, 0.3) is 0 Å². The number of ether oxygens (including phenoxy) is 4. The summed E-state index contributed by atoms with van der Waals surface area (Å²) in [6, 6.07) is 0. The molecule has 18 nitrogen and oxygen atoms in total. The van der Waals surface area contributed by atoms with Crippen LogP contribution in [0.1, 0.15) is 392 Å². The highest BCUT2D eigenvalue weighted by atomic mass is 33.1. The van der Waals surface area contributed by atoms with Gasteiger partial charge in [-0.05, 0) is 137 Å². The van der Waals surface area contributed by atoms with Crippen molar-refractivity contribution in [3.8, 4) is 0 Å². The monoisotopic (exact) mass is 1710 g/mol. The molecule has 0 aromatic rings. The summed E-state index contributed by atoms with van der Waals surface area (Å²) in [6.07, 6.45) is 38.2. The van der Waals surface area contributed by atoms with E-state index in [1.807, 2.05) is 57.0 Å². The zero-order valence-electron chi connectivity index (χ0n) is 74.8. The first kappa shape index (κ1) is 124. The number of allylic oxidation sites excluding steroid dienone is 1. The van der Waals surface area contributed by atoms with Gasteiger partial charge in [0.25, 0.3) is 0 Å². The highest BCUT2D eigenvalue weighted by Crippen LogP contribution is 2.24. The second-order valence-electron chi connectivity index (χ2n) is 28.1.